The Morgan fingerprint density at radius 2 is 1.42 bits per heavy atom. The Bertz CT molecular complexity index is 569. The first kappa shape index (κ1) is 18.3. The fourth-order valence-electron chi connectivity index (χ4n) is 2.15. The van der Waals surface area contributed by atoms with Gasteiger partial charge < -0.3 is 24.8 Å². The van der Waals surface area contributed by atoms with Gasteiger partial charge in [-0.2, -0.15) is 6.07 Å². The summed E-state index contributed by atoms with van der Waals surface area (Å²) in [7, 11) is 0. The van der Waals surface area contributed by atoms with E-state index in [0.717, 1.165) is 6.42 Å². The summed E-state index contributed by atoms with van der Waals surface area (Å²) in [6, 6.07) is 23.7. The second-order valence-corrected chi connectivity index (χ2v) is 4.15. The largest absolute Gasteiger partial charge is 3.00 e. The molecule has 3 aromatic rings. The van der Waals surface area contributed by atoms with E-state index in [0.29, 0.717) is 0 Å². The van der Waals surface area contributed by atoms with Crippen molar-refractivity contribution in [3.8, 4) is 0 Å². The van der Waals surface area contributed by atoms with Crippen LogP contribution in [0.4, 0.5) is 0 Å². The van der Waals surface area contributed by atoms with E-state index in [-0.39, 0.29) is 46.5 Å². The number of rotatable bonds is 2. The first-order valence-corrected chi connectivity index (χ1v) is 5.60. The summed E-state index contributed by atoms with van der Waals surface area (Å²) in [5.74, 6) is 0. The van der Waals surface area contributed by atoms with Gasteiger partial charge in [-0.3, -0.25) is 0 Å². The van der Waals surface area contributed by atoms with Gasteiger partial charge in [-0.15, -0.1) is 40.6 Å². The van der Waals surface area contributed by atoms with Crippen molar-refractivity contribution in [3.63, 3.8) is 0 Å². The predicted molar refractivity (Wildman–Crippen MR) is 68.8 cm³/mol. The van der Waals surface area contributed by atoms with Crippen LogP contribution in [0, 0.1) is 0 Å². The summed E-state index contributed by atoms with van der Waals surface area (Å²) in [5.41, 5.74) is 2.77. The van der Waals surface area contributed by atoms with Crippen LogP contribution >= 0.6 is 0 Å². The Hall–Kier alpha value is -0.656. The van der Waals surface area contributed by atoms with Crippen molar-refractivity contribution in [2.45, 2.75) is 6.42 Å². The number of fused-ring (bicyclic) bond motifs is 1. The zero-order valence-electron chi connectivity index (χ0n) is 10.3. The maximum absolute atomic E-state index is 2.28. The van der Waals surface area contributed by atoms with E-state index in [9.17, 15) is 0 Å². The van der Waals surface area contributed by atoms with Gasteiger partial charge in [0.2, 0.25) is 0 Å². The molecule has 0 aromatic heterocycles. The summed E-state index contributed by atoms with van der Waals surface area (Å²) in [6.45, 7) is 0. The zero-order valence-corrected chi connectivity index (χ0v) is 13.4. The summed E-state index contributed by atoms with van der Waals surface area (Å²) in [5, 5.41) is 2.68. The quantitative estimate of drug-likeness (QED) is 0.384. The molecule has 0 atom stereocenters. The zero-order chi connectivity index (χ0) is 10.8. The molecular weight excluding hydrogens is 311 g/mol. The molecule has 0 unspecified atom stereocenters. The average Bonchev–Trinajstić information content (AvgIpc) is 2.72. The molecule has 95 valence electrons. The van der Waals surface area contributed by atoms with Crippen LogP contribution in [0.2, 0.25) is 0 Å². The molecule has 0 N–H and O–H groups in total. The van der Waals surface area contributed by atoms with Crippen LogP contribution in [-0.2, 0) is 28.1 Å². The molecule has 0 aliphatic heterocycles. The average molecular weight is 324 g/mol. The van der Waals surface area contributed by atoms with Gasteiger partial charge in [-0.1, -0.05) is 36.4 Å². The molecule has 0 saturated heterocycles. The van der Waals surface area contributed by atoms with Crippen molar-refractivity contribution in [1.82, 2.24) is 0 Å². The van der Waals surface area contributed by atoms with Crippen molar-refractivity contribution < 1.29 is 46.5 Å². The fraction of sp³-hybridized carbons (Fsp3) is 0.0625. The number of hydrogen-bond donors (Lipinski definition) is 0. The molecule has 1 radical (unpaired) electrons. The smallest absolute Gasteiger partial charge is 1.00 e. The molecule has 3 heteroatoms. The van der Waals surface area contributed by atoms with Gasteiger partial charge in [-0.25, -0.2) is 0 Å². The van der Waals surface area contributed by atoms with Gasteiger partial charge >= 0.3 is 21.7 Å². The molecule has 0 spiro atoms. The molecule has 0 nitrogen and oxygen atoms in total. The van der Waals surface area contributed by atoms with Crippen molar-refractivity contribution in [1.29, 1.82) is 0 Å². The van der Waals surface area contributed by atoms with Crippen LogP contribution in [0.3, 0.4) is 0 Å². The standard InChI is InChI=1S/C16H13.2ClH.Ti/c1-2-6-13(7-3-1)10-14-11-15-8-4-5-9-16(15)12-14;;;/h1-9,11-12H,10H2;2*1H;/q-1;;;+3/p-2. The minimum Gasteiger partial charge on any atom is -1.00 e. The summed E-state index contributed by atoms with van der Waals surface area (Å²) in [4.78, 5) is 0. The van der Waals surface area contributed by atoms with Gasteiger partial charge in [0.1, 0.15) is 0 Å². The molecule has 0 bridgehead atoms. The molecule has 0 aliphatic rings. The first-order chi connectivity index (χ1) is 7.92. The van der Waals surface area contributed by atoms with Crippen molar-refractivity contribution in [2.75, 3.05) is 0 Å². The van der Waals surface area contributed by atoms with Crippen LogP contribution in [0.1, 0.15) is 11.1 Å². The van der Waals surface area contributed by atoms with Crippen molar-refractivity contribution >= 4 is 10.8 Å². The topological polar surface area (TPSA) is 0 Å². The Kier molecular flexibility index (Phi) is 8.21. The minimum absolute atomic E-state index is 0. The first-order valence-electron chi connectivity index (χ1n) is 5.60. The fourth-order valence-corrected chi connectivity index (χ4v) is 2.15. The van der Waals surface area contributed by atoms with Crippen LogP contribution < -0.4 is 24.8 Å². The van der Waals surface area contributed by atoms with Crippen molar-refractivity contribution in [2.24, 2.45) is 0 Å². The van der Waals surface area contributed by atoms with Crippen molar-refractivity contribution in [3.05, 3.63) is 77.9 Å². The molecule has 0 saturated carbocycles. The van der Waals surface area contributed by atoms with E-state index >= 15 is 0 Å². The molecule has 0 aliphatic carbocycles. The Morgan fingerprint density at radius 3 is 2.11 bits per heavy atom. The van der Waals surface area contributed by atoms with E-state index < -0.39 is 0 Å². The van der Waals surface area contributed by atoms with Gasteiger partial charge in [0.05, 0.1) is 0 Å². The van der Waals surface area contributed by atoms with Gasteiger partial charge in [-0.05, 0) is 12.0 Å². The van der Waals surface area contributed by atoms with E-state index in [1.54, 1.807) is 0 Å². The van der Waals surface area contributed by atoms with Crippen LogP contribution in [-0.4, -0.2) is 0 Å². The summed E-state index contributed by atoms with van der Waals surface area (Å²) >= 11 is 0. The van der Waals surface area contributed by atoms with E-state index in [4.69, 9.17) is 0 Å². The third-order valence-electron chi connectivity index (χ3n) is 2.93. The third-order valence-corrected chi connectivity index (χ3v) is 2.93. The molecule has 0 heterocycles. The maximum Gasteiger partial charge on any atom is 3.00 e. The minimum atomic E-state index is 0. The van der Waals surface area contributed by atoms with E-state index in [1.807, 2.05) is 0 Å². The second kappa shape index (κ2) is 8.50. The van der Waals surface area contributed by atoms with Crippen LogP contribution in [0.15, 0.2) is 66.7 Å². The van der Waals surface area contributed by atoms with E-state index in [1.165, 1.54) is 21.9 Å². The van der Waals surface area contributed by atoms with Crippen LogP contribution in [0.5, 0.6) is 0 Å². The predicted octanol–water partition coefficient (Wildman–Crippen LogP) is -1.84. The number of halogens is 2. The SMILES string of the molecule is [Cl-].[Cl-].[Ti+3].c1ccc(Cc2cc3ccccc3[cH-]2)cc1. The normalized spacial score (nSPS) is 9.05. The Labute approximate surface area is 141 Å². The number of hydrogen-bond acceptors (Lipinski definition) is 0. The monoisotopic (exact) mass is 323 g/mol. The van der Waals surface area contributed by atoms with Crippen LogP contribution in [0.25, 0.3) is 10.8 Å². The molecule has 0 amide bonds. The molecular formula is C16H13Cl2Ti. The van der Waals surface area contributed by atoms with Gasteiger partial charge in [0.25, 0.3) is 0 Å². The number of benzene rings is 2. The Morgan fingerprint density at radius 1 is 0.789 bits per heavy atom. The molecule has 3 rings (SSSR count). The molecule has 19 heavy (non-hydrogen) atoms. The van der Waals surface area contributed by atoms with Gasteiger partial charge in [0, 0.05) is 0 Å². The summed E-state index contributed by atoms with van der Waals surface area (Å²) < 4.78 is 0. The van der Waals surface area contributed by atoms with E-state index in [2.05, 4.69) is 66.7 Å². The molecule has 3 aromatic carbocycles. The van der Waals surface area contributed by atoms with Gasteiger partial charge in [0.15, 0.2) is 0 Å². The maximum atomic E-state index is 2.28. The molecule has 0 fully saturated rings. The third kappa shape index (κ3) is 4.44. The summed E-state index contributed by atoms with van der Waals surface area (Å²) in [6.07, 6.45) is 1.02. The Balaban J connectivity index is 0.00000108. The second-order valence-electron chi connectivity index (χ2n) is 4.15.